The zero-order chi connectivity index (χ0) is 12.9. The predicted octanol–water partition coefficient (Wildman–Crippen LogP) is 0.936. The van der Waals surface area contributed by atoms with Crippen LogP contribution in [0, 0.1) is 5.92 Å². The molecule has 3 aliphatic rings. The van der Waals surface area contributed by atoms with Crippen LogP contribution in [-0.4, -0.2) is 66.9 Å². The second kappa shape index (κ2) is 4.10. The van der Waals surface area contributed by atoms with Gasteiger partial charge in [-0.15, -0.1) is 0 Å². The largest absolute Gasteiger partial charge is 0.443 e. The van der Waals surface area contributed by atoms with Crippen LogP contribution in [0.25, 0.3) is 0 Å². The van der Waals surface area contributed by atoms with Crippen molar-refractivity contribution in [2.24, 2.45) is 5.92 Å². The highest BCUT2D eigenvalue weighted by molar-refractivity contribution is 5.69. The Bertz CT molecular complexity index is 348. The summed E-state index contributed by atoms with van der Waals surface area (Å²) >= 11 is 0. The standard InChI is InChI=1S/C13H22N2O3/c1-9-4-13(9,2)18-12(16)15-5-10-7-17-8-11(6-15)14(10)3/h9-11H,4-8H2,1-3H3. The van der Waals surface area contributed by atoms with Gasteiger partial charge < -0.3 is 14.4 Å². The number of hydrogen-bond donors (Lipinski definition) is 0. The minimum atomic E-state index is -0.216. The SMILES string of the molecule is CC1CC1(C)OC(=O)N1CC2COCC(C1)N2C. The molecule has 3 fully saturated rings. The third-order valence-electron chi connectivity index (χ3n) is 4.81. The van der Waals surface area contributed by atoms with E-state index < -0.39 is 0 Å². The molecule has 1 aliphatic carbocycles. The van der Waals surface area contributed by atoms with E-state index in [1.807, 2.05) is 11.8 Å². The van der Waals surface area contributed by atoms with Crippen LogP contribution in [0.1, 0.15) is 20.3 Å². The lowest BCUT2D eigenvalue weighted by Crippen LogP contribution is -2.64. The van der Waals surface area contributed by atoms with Gasteiger partial charge in [-0.1, -0.05) is 6.92 Å². The van der Waals surface area contributed by atoms with E-state index in [-0.39, 0.29) is 11.7 Å². The van der Waals surface area contributed by atoms with Crippen molar-refractivity contribution in [3.63, 3.8) is 0 Å². The summed E-state index contributed by atoms with van der Waals surface area (Å²) < 4.78 is 11.2. The molecule has 0 radical (unpaired) electrons. The van der Waals surface area contributed by atoms with E-state index in [4.69, 9.17) is 9.47 Å². The fraction of sp³-hybridized carbons (Fsp3) is 0.923. The van der Waals surface area contributed by atoms with Gasteiger partial charge in [0, 0.05) is 13.1 Å². The number of rotatable bonds is 1. The van der Waals surface area contributed by atoms with Gasteiger partial charge in [0.25, 0.3) is 0 Å². The first-order valence-corrected chi connectivity index (χ1v) is 6.77. The van der Waals surface area contributed by atoms with E-state index in [1.54, 1.807) is 0 Å². The van der Waals surface area contributed by atoms with Crippen molar-refractivity contribution >= 4 is 6.09 Å². The van der Waals surface area contributed by atoms with Crippen molar-refractivity contribution in [3.05, 3.63) is 0 Å². The molecule has 4 atom stereocenters. The summed E-state index contributed by atoms with van der Waals surface area (Å²) in [6.07, 6.45) is 0.842. The van der Waals surface area contributed by atoms with Gasteiger partial charge in [0.15, 0.2) is 0 Å². The molecule has 3 rings (SSSR count). The Labute approximate surface area is 108 Å². The molecule has 0 aromatic carbocycles. The topological polar surface area (TPSA) is 42.0 Å². The summed E-state index contributed by atoms with van der Waals surface area (Å²) in [5, 5.41) is 0. The molecule has 0 spiro atoms. The van der Waals surface area contributed by atoms with Crippen molar-refractivity contribution in [1.29, 1.82) is 0 Å². The van der Waals surface area contributed by atoms with Crippen LogP contribution in [0.3, 0.4) is 0 Å². The summed E-state index contributed by atoms with van der Waals surface area (Å²) in [6, 6.07) is 0.629. The third kappa shape index (κ3) is 1.99. The van der Waals surface area contributed by atoms with E-state index in [1.165, 1.54) is 0 Å². The maximum absolute atomic E-state index is 12.2. The Morgan fingerprint density at radius 2 is 1.89 bits per heavy atom. The van der Waals surface area contributed by atoms with Crippen molar-refractivity contribution in [2.75, 3.05) is 33.4 Å². The zero-order valence-corrected chi connectivity index (χ0v) is 11.4. The number of morpholine rings is 1. The summed E-state index contributed by atoms with van der Waals surface area (Å²) in [6.45, 7) is 7.01. The van der Waals surface area contributed by atoms with Gasteiger partial charge in [-0.3, -0.25) is 4.90 Å². The van der Waals surface area contributed by atoms with Gasteiger partial charge in [0.05, 0.1) is 25.3 Å². The molecule has 2 aliphatic heterocycles. The molecule has 5 heteroatoms. The highest BCUT2D eigenvalue weighted by atomic mass is 16.6. The quantitative estimate of drug-likeness (QED) is 0.698. The molecule has 2 saturated heterocycles. The molecule has 2 heterocycles. The Hall–Kier alpha value is -0.810. The zero-order valence-electron chi connectivity index (χ0n) is 11.4. The lowest BCUT2D eigenvalue weighted by molar-refractivity contribution is -0.0842. The van der Waals surface area contributed by atoms with Crippen LogP contribution in [0.15, 0.2) is 0 Å². The number of hydrogen-bond acceptors (Lipinski definition) is 4. The maximum atomic E-state index is 12.2. The normalized spacial score (nSPS) is 43.7. The molecule has 0 N–H and O–H groups in total. The molecular formula is C13H22N2O3. The number of carbonyl (C=O) groups is 1. The first kappa shape index (κ1) is 12.2. The monoisotopic (exact) mass is 254 g/mol. The molecule has 1 saturated carbocycles. The average molecular weight is 254 g/mol. The highest BCUT2D eigenvalue weighted by Gasteiger charge is 2.51. The second-order valence-electron chi connectivity index (χ2n) is 6.20. The Kier molecular flexibility index (Phi) is 2.79. The van der Waals surface area contributed by atoms with Crippen LogP contribution >= 0.6 is 0 Å². The number of carbonyl (C=O) groups excluding carboxylic acids is 1. The Morgan fingerprint density at radius 3 is 2.39 bits per heavy atom. The maximum Gasteiger partial charge on any atom is 0.410 e. The molecule has 4 unspecified atom stereocenters. The summed E-state index contributed by atoms with van der Waals surface area (Å²) in [7, 11) is 2.12. The Balaban J connectivity index is 1.62. The molecule has 18 heavy (non-hydrogen) atoms. The number of ether oxygens (including phenoxy) is 2. The fourth-order valence-corrected chi connectivity index (χ4v) is 2.92. The van der Waals surface area contributed by atoms with Crippen molar-refractivity contribution in [2.45, 2.75) is 38.0 Å². The minimum absolute atomic E-state index is 0.146. The lowest BCUT2D eigenvalue weighted by Gasteiger charge is -2.47. The molecular weight excluding hydrogens is 232 g/mol. The second-order valence-corrected chi connectivity index (χ2v) is 6.20. The van der Waals surface area contributed by atoms with E-state index in [2.05, 4.69) is 18.9 Å². The Morgan fingerprint density at radius 1 is 1.33 bits per heavy atom. The summed E-state index contributed by atoms with van der Waals surface area (Å²) in [5.41, 5.74) is -0.216. The molecule has 0 aromatic rings. The van der Waals surface area contributed by atoms with Crippen molar-refractivity contribution in [3.8, 4) is 0 Å². The first-order valence-electron chi connectivity index (χ1n) is 6.77. The highest BCUT2D eigenvalue weighted by Crippen LogP contribution is 2.46. The molecule has 2 bridgehead atoms. The molecule has 5 nitrogen and oxygen atoms in total. The number of fused-ring (bicyclic) bond motifs is 2. The van der Waals surface area contributed by atoms with Crippen LogP contribution in [0.2, 0.25) is 0 Å². The molecule has 102 valence electrons. The van der Waals surface area contributed by atoms with Crippen LogP contribution in [0.4, 0.5) is 4.79 Å². The van der Waals surface area contributed by atoms with Crippen molar-refractivity contribution < 1.29 is 14.3 Å². The molecule has 0 aromatic heterocycles. The van der Waals surface area contributed by atoms with Crippen molar-refractivity contribution in [1.82, 2.24) is 9.80 Å². The van der Waals surface area contributed by atoms with Gasteiger partial charge in [0.1, 0.15) is 5.60 Å². The van der Waals surface area contributed by atoms with Crippen LogP contribution in [-0.2, 0) is 9.47 Å². The number of likely N-dealkylation sites (N-methyl/N-ethyl adjacent to an activating group) is 1. The van der Waals surface area contributed by atoms with Gasteiger partial charge >= 0.3 is 6.09 Å². The average Bonchev–Trinajstić information content (AvgIpc) is 2.84. The van der Waals surface area contributed by atoms with Gasteiger partial charge in [-0.25, -0.2) is 4.79 Å². The summed E-state index contributed by atoms with van der Waals surface area (Å²) in [4.78, 5) is 16.4. The van der Waals surface area contributed by atoms with Gasteiger partial charge in [0.2, 0.25) is 0 Å². The van der Waals surface area contributed by atoms with E-state index in [9.17, 15) is 4.79 Å². The lowest BCUT2D eigenvalue weighted by atomic mass is 10.1. The number of amides is 1. The minimum Gasteiger partial charge on any atom is -0.443 e. The van der Waals surface area contributed by atoms with Crippen LogP contribution in [0.5, 0.6) is 0 Å². The van der Waals surface area contributed by atoms with E-state index >= 15 is 0 Å². The van der Waals surface area contributed by atoms with E-state index in [0.717, 1.165) is 19.5 Å². The van der Waals surface area contributed by atoms with Gasteiger partial charge in [-0.05, 0) is 26.3 Å². The third-order valence-corrected chi connectivity index (χ3v) is 4.81. The smallest absolute Gasteiger partial charge is 0.410 e. The predicted molar refractivity (Wildman–Crippen MR) is 66.4 cm³/mol. The van der Waals surface area contributed by atoms with E-state index in [0.29, 0.717) is 31.2 Å². The van der Waals surface area contributed by atoms with Gasteiger partial charge in [-0.2, -0.15) is 0 Å². The number of nitrogens with zero attached hydrogens (tertiary/aromatic N) is 2. The first-order chi connectivity index (χ1) is 8.49. The summed E-state index contributed by atoms with van der Waals surface area (Å²) in [5.74, 6) is 0.497. The fourth-order valence-electron chi connectivity index (χ4n) is 2.92. The molecule has 1 amide bonds. The van der Waals surface area contributed by atoms with Crippen LogP contribution < -0.4 is 0 Å². The number of piperazine rings is 1.